The van der Waals surface area contributed by atoms with E-state index in [-0.39, 0.29) is 12.1 Å². The summed E-state index contributed by atoms with van der Waals surface area (Å²) in [5.74, 6) is -1.66. The van der Waals surface area contributed by atoms with E-state index in [1.54, 1.807) is 6.07 Å². The normalized spacial score (nSPS) is 24.9. The summed E-state index contributed by atoms with van der Waals surface area (Å²) in [5, 5.41) is 12.7. The van der Waals surface area contributed by atoms with Gasteiger partial charge in [0.1, 0.15) is 0 Å². The van der Waals surface area contributed by atoms with Gasteiger partial charge in [0.25, 0.3) is 0 Å². The van der Waals surface area contributed by atoms with Crippen molar-refractivity contribution in [3.05, 3.63) is 35.4 Å². The van der Waals surface area contributed by atoms with Crippen LogP contribution in [0.3, 0.4) is 0 Å². The fourth-order valence-electron chi connectivity index (χ4n) is 2.08. The molecule has 0 amide bonds. The van der Waals surface area contributed by atoms with Crippen LogP contribution in [0, 0.1) is 11.6 Å². The van der Waals surface area contributed by atoms with E-state index in [0.29, 0.717) is 12.1 Å². The average Bonchev–Trinajstić information content (AvgIpc) is 2.66. The van der Waals surface area contributed by atoms with Crippen LogP contribution in [0.15, 0.2) is 18.2 Å². The van der Waals surface area contributed by atoms with Crippen LogP contribution in [0.5, 0.6) is 0 Å². The number of hydrogen-bond donors (Lipinski definition) is 2. The third-order valence-corrected chi connectivity index (χ3v) is 3.03. The van der Waals surface area contributed by atoms with Gasteiger partial charge in [-0.2, -0.15) is 0 Å². The second-order valence-corrected chi connectivity index (χ2v) is 4.23. The maximum Gasteiger partial charge on any atom is 0.159 e. The third-order valence-electron chi connectivity index (χ3n) is 3.03. The number of aliphatic hydroxyl groups excluding tert-OH is 1. The first-order valence-electron chi connectivity index (χ1n) is 5.52. The van der Waals surface area contributed by atoms with Gasteiger partial charge in [-0.1, -0.05) is 6.07 Å². The molecule has 2 atom stereocenters. The quantitative estimate of drug-likeness (QED) is 0.827. The molecule has 0 unspecified atom stereocenters. The van der Waals surface area contributed by atoms with Gasteiger partial charge in [0.2, 0.25) is 0 Å². The van der Waals surface area contributed by atoms with E-state index < -0.39 is 11.6 Å². The Balaban J connectivity index is 1.91. The molecule has 2 rings (SSSR count). The first-order chi connectivity index (χ1) is 7.66. The van der Waals surface area contributed by atoms with Crippen molar-refractivity contribution in [2.24, 2.45) is 0 Å². The van der Waals surface area contributed by atoms with Crippen molar-refractivity contribution in [2.45, 2.75) is 38.0 Å². The monoisotopic (exact) mass is 227 g/mol. The zero-order valence-corrected chi connectivity index (χ0v) is 8.92. The Hall–Kier alpha value is -1.00. The number of aliphatic hydroxyl groups is 1. The van der Waals surface area contributed by atoms with Crippen LogP contribution >= 0.6 is 0 Å². The molecule has 0 spiro atoms. The molecule has 2 N–H and O–H groups in total. The Morgan fingerprint density at radius 2 is 2.06 bits per heavy atom. The van der Waals surface area contributed by atoms with Gasteiger partial charge < -0.3 is 10.4 Å². The minimum absolute atomic E-state index is 0.0770. The molecule has 1 aromatic rings. The smallest absolute Gasteiger partial charge is 0.159 e. The highest BCUT2D eigenvalue weighted by Crippen LogP contribution is 2.19. The van der Waals surface area contributed by atoms with Crippen molar-refractivity contribution >= 4 is 0 Å². The number of halogens is 2. The topological polar surface area (TPSA) is 32.3 Å². The summed E-state index contributed by atoms with van der Waals surface area (Å²) in [6.07, 6.45) is 2.45. The second kappa shape index (κ2) is 4.89. The van der Waals surface area contributed by atoms with Gasteiger partial charge in [-0.3, -0.25) is 0 Å². The van der Waals surface area contributed by atoms with Crippen LogP contribution in [-0.2, 0) is 6.54 Å². The first-order valence-corrected chi connectivity index (χ1v) is 5.52. The van der Waals surface area contributed by atoms with Gasteiger partial charge in [-0.15, -0.1) is 0 Å². The lowest BCUT2D eigenvalue weighted by molar-refractivity contribution is 0.148. The predicted octanol–water partition coefficient (Wildman–Crippen LogP) is 1.97. The number of benzene rings is 1. The van der Waals surface area contributed by atoms with Gasteiger partial charge in [0.15, 0.2) is 11.6 Å². The zero-order valence-electron chi connectivity index (χ0n) is 8.92. The van der Waals surface area contributed by atoms with Gasteiger partial charge in [-0.05, 0) is 37.0 Å². The summed E-state index contributed by atoms with van der Waals surface area (Å²) in [4.78, 5) is 0. The SMILES string of the molecule is O[C@@H]1CCC[C@H]1NCc1ccc(F)c(F)c1. The van der Waals surface area contributed by atoms with E-state index in [9.17, 15) is 13.9 Å². The van der Waals surface area contributed by atoms with E-state index >= 15 is 0 Å². The first kappa shape index (κ1) is 11.5. The summed E-state index contributed by atoms with van der Waals surface area (Å²) in [5.41, 5.74) is 0.693. The van der Waals surface area contributed by atoms with Gasteiger partial charge >= 0.3 is 0 Å². The van der Waals surface area contributed by atoms with E-state index in [2.05, 4.69) is 5.32 Å². The lowest BCUT2D eigenvalue weighted by Gasteiger charge is -2.16. The predicted molar refractivity (Wildman–Crippen MR) is 56.8 cm³/mol. The number of nitrogens with one attached hydrogen (secondary N) is 1. The van der Waals surface area contributed by atoms with Gasteiger partial charge in [-0.25, -0.2) is 8.78 Å². The second-order valence-electron chi connectivity index (χ2n) is 4.23. The molecule has 1 aromatic carbocycles. The van der Waals surface area contributed by atoms with Crippen molar-refractivity contribution in [2.75, 3.05) is 0 Å². The van der Waals surface area contributed by atoms with Crippen molar-refractivity contribution in [1.29, 1.82) is 0 Å². The highest BCUT2D eigenvalue weighted by Gasteiger charge is 2.24. The van der Waals surface area contributed by atoms with Gasteiger partial charge in [0.05, 0.1) is 6.10 Å². The molecule has 16 heavy (non-hydrogen) atoms. The van der Waals surface area contributed by atoms with E-state index in [1.165, 1.54) is 6.07 Å². The fraction of sp³-hybridized carbons (Fsp3) is 0.500. The summed E-state index contributed by atoms with van der Waals surface area (Å²) in [6.45, 7) is 0.457. The molecule has 0 aromatic heterocycles. The Morgan fingerprint density at radius 1 is 1.25 bits per heavy atom. The van der Waals surface area contributed by atoms with Crippen LogP contribution in [0.4, 0.5) is 8.78 Å². The maximum absolute atomic E-state index is 12.9. The van der Waals surface area contributed by atoms with Crippen LogP contribution in [-0.4, -0.2) is 17.3 Å². The summed E-state index contributed by atoms with van der Waals surface area (Å²) in [7, 11) is 0. The molecular weight excluding hydrogens is 212 g/mol. The lowest BCUT2D eigenvalue weighted by atomic mass is 10.1. The summed E-state index contributed by atoms with van der Waals surface area (Å²) < 4.78 is 25.6. The zero-order chi connectivity index (χ0) is 11.5. The maximum atomic E-state index is 12.9. The van der Waals surface area contributed by atoms with Crippen LogP contribution < -0.4 is 5.32 Å². The third kappa shape index (κ3) is 2.57. The Bertz CT molecular complexity index is 370. The van der Waals surface area contributed by atoms with Crippen LogP contribution in [0.25, 0.3) is 0 Å². The van der Waals surface area contributed by atoms with E-state index in [1.807, 2.05) is 0 Å². The molecule has 1 aliphatic carbocycles. The van der Waals surface area contributed by atoms with Gasteiger partial charge in [0, 0.05) is 12.6 Å². The van der Waals surface area contributed by atoms with Crippen molar-refractivity contribution in [3.8, 4) is 0 Å². The van der Waals surface area contributed by atoms with E-state index in [4.69, 9.17) is 0 Å². The van der Waals surface area contributed by atoms with E-state index in [0.717, 1.165) is 25.3 Å². The Kier molecular flexibility index (Phi) is 3.51. The molecule has 1 aliphatic rings. The molecule has 1 saturated carbocycles. The molecule has 0 saturated heterocycles. The van der Waals surface area contributed by atoms with Crippen LogP contribution in [0.1, 0.15) is 24.8 Å². The summed E-state index contributed by atoms with van der Waals surface area (Å²) in [6, 6.07) is 3.93. The molecular formula is C12H15F2NO. The Morgan fingerprint density at radius 3 is 2.69 bits per heavy atom. The minimum Gasteiger partial charge on any atom is -0.392 e. The lowest BCUT2D eigenvalue weighted by Crippen LogP contribution is -2.35. The van der Waals surface area contributed by atoms with Crippen molar-refractivity contribution in [1.82, 2.24) is 5.32 Å². The molecule has 4 heteroatoms. The average molecular weight is 227 g/mol. The molecule has 0 radical (unpaired) electrons. The van der Waals surface area contributed by atoms with Crippen molar-refractivity contribution < 1.29 is 13.9 Å². The number of hydrogen-bond acceptors (Lipinski definition) is 2. The molecule has 0 aliphatic heterocycles. The fourth-order valence-corrected chi connectivity index (χ4v) is 2.08. The van der Waals surface area contributed by atoms with Crippen molar-refractivity contribution in [3.63, 3.8) is 0 Å². The summed E-state index contributed by atoms with van der Waals surface area (Å²) >= 11 is 0. The number of rotatable bonds is 3. The Labute approximate surface area is 93.3 Å². The minimum atomic E-state index is -0.829. The largest absolute Gasteiger partial charge is 0.392 e. The molecule has 88 valence electrons. The standard InChI is InChI=1S/C12H15F2NO/c13-9-5-4-8(6-10(9)14)7-15-11-2-1-3-12(11)16/h4-6,11-12,15-16H,1-3,7H2/t11-,12-/m1/s1. The molecule has 2 nitrogen and oxygen atoms in total. The highest BCUT2D eigenvalue weighted by molar-refractivity contribution is 5.17. The molecule has 1 fully saturated rings. The van der Waals surface area contributed by atoms with Crippen LogP contribution in [0.2, 0.25) is 0 Å². The molecule has 0 heterocycles. The molecule has 0 bridgehead atoms. The highest BCUT2D eigenvalue weighted by atomic mass is 19.2.